The van der Waals surface area contributed by atoms with E-state index in [1.54, 1.807) is 0 Å². The monoisotopic (exact) mass is 354 g/mol. The molecule has 1 N–H and O–H groups in total. The first-order chi connectivity index (χ1) is 12.8. The number of benzene rings is 2. The normalized spacial score (nSPS) is 18.8. The van der Waals surface area contributed by atoms with Gasteiger partial charge in [0.2, 0.25) is 6.79 Å². The maximum absolute atomic E-state index is 10.4. The lowest BCUT2D eigenvalue weighted by molar-refractivity contribution is 0.0704. The largest absolute Gasteiger partial charge is 0.454 e. The van der Waals surface area contributed by atoms with Crippen LogP contribution in [0.15, 0.2) is 48.5 Å². The van der Waals surface area contributed by atoms with E-state index in [-0.39, 0.29) is 6.10 Å². The average Bonchev–Trinajstić information content (AvgIpc) is 3.12. The van der Waals surface area contributed by atoms with Gasteiger partial charge in [-0.05, 0) is 29.7 Å². The number of ether oxygens (including phenoxy) is 2. The quantitative estimate of drug-likeness (QED) is 0.861. The predicted octanol–water partition coefficient (Wildman–Crippen LogP) is 2.14. The molecule has 0 bridgehead atoms. The molecule has 2 aromatic rings. The lowest BCUT2D eigenvalue weighted by Crippen LogP contribution is -2.48. The Morgan fingerprint density at radius 3 is 2.38 bits per heavy atom. The van der Waals surface area contributed by atoms with Crippen molar-refractivity contribution >= 4 is 0 Å². The lowest BCUT2D eigenvalue weighted by Gasteiger charge is -2.35. The molecule has 1 unspecified atom stereocenters. The van der Waals surface area contributed by atoms with Crippen LogP contribution in [0, 0.1) is 0 Å². The van der Waals surface area contributed by atoms with E-state index in [2.05, 4.69) is 34.1 Å². The van der Waals surface area contributed by atoms with E-state index in [0.29, 0.717) is 6.79 Å². The molecule has 2 heterocycles. The molecule has 1 fully saturated rings. The van der Waals surface area contributed by atoms with Crippen molar-refractivity contribution < 1.29 is 14.6 Å². The molecule has 0 amide bonds. The summed E-state index contributed by atoms with van der Waals surface area (Å²) in [5.41, 5.74) is 2.45. The Balaban J connectivity index is 1.22. The topological polar surface area (TPSA) is 45.2 Å². The average molecular weight is 354 g/mol. The molecule has 0 aliphatic carbocycles. The molecule has 0 radical (unpaired) electrons. The van der Waals surface area contributed by atoms with Crippen molar-refractivity contribution in [3.05, 3.63) is 59.7 Å². The number of aliphatic hydroxyl groups is 1. The van der Waals surface area contributed by atoms with E-state index < -0.39 is 0 Å². The van der Waals surface area contributed by atoms with E-state index >= 15 is 0 Å². The number of rotatable bonds is 6. The molecule has 0 saturated carbocycles. The third-order valence-electron chi connectivity index (χ3n) is 5.09. The third kappa shape index (κ3) is 4.36. The minimum atomic E-state index is -0.308. The van der Waals surface area contributed by atoms with Crippen LogP contribution in [-0.4, -0.2) is 60.5 Å². The van der Waals surface area contributed by atoms with Gasteiger partial charge in [0.15, 0.2) is 11.5 Å². The zero-order chi connectivity index (χ0) is 17.8. The van der Waals surface area contributed by atoms with E-state index in [1.165, 1.54) is 11.1 Å². The Morgan fingerprint density at radius 1 is 0.846 bits per heavy atom. The highest BCUT2D eigenvalue weighted by molar-refractivity contribution is 5.44. The van der Waals surface area contributed by atoms with Crippen molar-refractivity contribution in [2.45, 2.75) is 19.1 Å². The number of piperazine rings is 1. The highest BCUT2D eigenvalue weighted by Gasteiger charge is 2.20. The SMILES string of the molecule is OC(Cc1ccccc1)CN1CCN(Cc2ccc3c(c2)OCO3)CC1. The molecular weight excluding hydrogens is 328 g/mol. The molecule has 2 aromatic carbocycles. The summed E-state index contributed by atoms with van der Waals surface area (Å²) in [4.78, 5) is 4.82. The Bertz CT molecular complexity index is 714. The first kappa shape index (κ1) is 17.3. The number of hydrogen-bond acceptors (Lipinski definition) is 5. The van der Waals surface area contributed by atoms with Gasteiger partial charge in [0.25, 0.3) is 0 Å². The van der Waals surface area contributed by atoms with Gasteiger partial charge in [0, 0.05) is 39.3 Å². The fourth-order valence-corrected chi connectivity index (χ4v) is 3.68. The fraction of sp³-hybridized carbons (Fsp3) is 0.429. The summed E-state index contributed by atoms with van der Waals surface area (Å²) in [6.45, 7) is 6.03. The molecule has 5 heteroatoms. The Hall–Kier alpha value is -2.08. The third-order valence-corrected chi connectivity index (χ3v) is 5.09. The van der Waals surface area contributed by atoms with Crippen LogP contribution >= 0.6 is 0 Å². The van der Waals surface area contributed by atoms with Gasteiger partial charge in [0.1, 0.15) is 0 Å². The zero-order valence-corrected chi connectivity index (χ0v) is 15.0. The molecule has 1 atom stereocenters. The molecule has 26 heavy (non-hydrogen) atoms. The van der Waals surface area contributed by atoms with E-state index in [1.807, 2.05) is 24.3 Å². The van der Waals surface area contributed by atoms with Crippen molar-refractivity contribution in [2.75, 3.05) is 39.5 Å². The van der Waals surface area contributed by atoms with Crippen LogP contribution in [0.3, 0.4) is 0 Å². The summed E-state index contributed by atoms with van der Waals surface area (Å²) >= 11 is 0. The molecule has 0 aromatic heterocycles. The summed E-state index contributed by atoms with van der Waals surface area (Å²) in [6.07, 6.45) is 0.413. The molecule has 138 valence electrons. The minimum Gasteiger partial charge on any atom is -0.454 e. The first-order valence-electron chi connectivity index (χ1n) is 9.31. The highest BCUT2D eigenvalue weighted by Crippen LogP contribution is 2.32. The van der Waals surface area contributed by atoms with Gasteiger partial charge in [0.05, 0.1) is 6.10 Å². The number of β-amino-alcohol motifs (C(OH)–C–C–N with tert-alkyl or cyclic N) is 1. The van der Waals surface area contributed by atoms with Crippen LogP contribution in [0.25, 0.3) is 0 Å². The van der Waals surface area contributed by atoms with Crippen LogP contribution in [-0.2, 0) is 13.0 Å². The van der Waals surface area contributed by atoms with Crippen molar-refractivity contribution in [3.63, 3.8) is 0 Å². The Morgan fingerprint density at radius 2 is 1.58 bits per heavy atom. The van der Waals surface area contributed by atoms with Crippen LogP contribution in [0.5, 0.6) is 11.5 Å². The molecule has 5 nitrogen and oxygen atoms in total. The zero-order valence-electron chi connectivity index (χ0n) is 15.0. The number of hydrogen-bond donors (Lipinski definition) is 1. The van der Waals surface area contributed by atoms with E-state index in [4.69, 9.17) is 9.47 Å². The summed E-state index contributed by atoms with van der Waals surface area (Å²) in [6, 6.07) is 16.4. The second kappa shape index (κ2) is 8.08. The standard InChI is InChI=1S/C21H26N2O3/c24-19(12-17-4-2-1-3-5-17)15-23-10-8-22(9-11-23)14-18-6-7-20-21(13-18)26-16-25-20/h1-7,13,19,24H,8-12,14-16H2. The smallest absolute Gasteiger partial charge is 0.231 e. The van der Waals surface area contributed by atoms with Gasteiger partial charge in [-0.3, -0.25) is 9.80 Å². The Labute approximate surface area is 154 Å². The molecule has 1 saturated heterocycles. The number of fused-ring (bicyclic) bond motifs is 1. The van der Waals surface area contributed by atoms with Gasteiger partial charge < -0.3 is 14.6 Å². The van der Waals surface area contributed by atoms with Gasteiger partial charge >= 0.3 is 0 Å². The molecule has 4 rings (SSSR count). The minimum absolute atomic E-state index is 0.308. The van der Waals surface area contributed by atoms with Crippen molar-refractivity contribution in [3.8, 4) is 11.5 Å². The van der Waals surface area contributed by atoms with Crippen LogP contribution in [0.1, 0.15) is 11.1 Å². The molecule has 2 aliphatic heterocycles. The highest BCUT2D eigenvalue weighted by atomic mass is 16.7. The number of nitrogens with zero attached hydrogens (tertiary/aromatic N) is 2. The van der Waals surface area contributed by atoms with Gasteiger partial charge in [-0.2, -0.15) is 0 Å². The van der Waals surface area contributed by atoms with Crippen molar-refractivity contribution in [2.24, 2.45) is 0 Å². The second-order valence-corrected chi connectivity index (χ2v) is 7.11. The summed E-state index contributed by atoms with van der Waals surface area (Å²) in [7, 11) is 0. The molecule has 0 spiro atoms. The van der Waals surface area contributed by atoms with Gasteiger partial charge in [-0.1, -0.05) is 36.4 Å². The van der Waals surface area contributed by atoms with Crippen molar-refractivity contribution in [1.29, 1.82) is 0 Å². The Kier molecular flexibility index (Phi) is 5.39. The summed E-state index contributed by atoms with van der Waals surface area (Å²) < 4.78 is 10.8. The summed E-state index contributed by atoms with van der Waals surface area (Å²) in [5.74, 6) is 1.69. The number of aliphatic hydroxyl groups excluding tert-OH is 1. The van der Waals surface area contributed by atoms with Crippen LogP contribution in [0.2, 0.25) is 0 Å². The lowest BCUT2D eigenvalue weighted by atomic mass is 10.1. The van der Waals surface area contributed by atoms with Crippen LogP contribution < -0.4 is 9.47 Å². The maximum Gasteiger partial charge on any atom is 0.231 e. The van der Waals surface area contributed by atoms with Crippen molar-refractivity contribution in [1.82, 2.24) is 9.80 Å². The van der Waals surface area contributed by atoms with Crippen LogP contribution in [0.4, 0.5) is 0 Å². The molecule has 2 aliphatic rings. The van der Waals surface area contributed by atoms with E-state index in [9.17, 15) is 5.11 Å². The van der Waals surface area contributed by atoms with E-state index in [0.717, 1.165) is 57.2 Å². The fourth-order valence-electron chi connectivity index (χ4n) is 3.68. The predicted molar refractivity (Wildman–Crippen MR) is 100 cm³/mol. The van der Waals surface area contributed by atoms with Gasteiger partial charge in [-0.15, -0.1) is 0 Å². The molecular formula is C21H26N2O3. The summed E-state index contributed by atoms with van der Waals surface area (Å²) in [5, 5.41) is 10.4. The maximum atomic E-state index is 10.4. The van der Waals surface area contributed by atoms with Gasteiger partial charge in [-0.25, -0.2) is 0 Å². The second-order valence-electron chi connectivity index (χ2n) is 7.11. The first-order valence-corrected chi connectivity index (χ1v) is 9.31.